The maximum Gasteiger partial charge on any atom is 0.227 e. The molecule has 0 saturated carbocycles. The number of hydrogen-bond donors (Lipinski definition) is 1. The van der Waals surface area contributed by atoms with E-state index in [1.165, 1.54) is 0 Å². The van der Waals surface area contributed by atoms with Gasteiger partial charge in [0.25, 0.3) is 0 Å². The summed E-state index contributed by atoms with van der Waals surface area (Å²) in [7, 11) is 0. The smallest absolute Gasteiger partial charge is 0.227 e. The van der Waals surface area contributed by atoms with E-state index in [1.54, 1.807) is 0 Å². The predicted octanol–water partition coefficient (Wildman–Crippen LogP) is 1.58. The highest BCUT2D eigenvalue weighted by Crippen LogP contribution is 2.17. The third-order valence-corrected chi connectivity index (χ3v) is 3.56. The van der Waals surface area contributed by atoms with Crippen LogP contribution in [0.25, 0.3) is 0 Å². The van der Waals surface area contributed by atoms with E-state index in [1.807, 2.05) is 17.0 Å². The van der Waals surface area contributed by atoms with Crippen molar-refractivity contribution in [1.82, 2.24) is 4.90 Å². The molecule has 0 radical (unpaired) electrons. The molecule has 1 atom stereocenters. The van der Waals surface area contributed by atoms with Gasteiger partial charge in [-0.25, -0.2) is 0 Å². The molecule has 1 unspecified atom stereocenters. The highest BCUT2D eigenvalue weighted by molar-refractivity contribution is 5.79. The molecule has 2 rings (SSSR count). The first-order valence-corrected chi connectivity index (χ1v) is 6.81. The van der Waals surface area contributed by atoms with Gasteiger partial charge in [0.1, 0.15) is 11.5 Å². The van der Waals surface area contributed by atoms with Crippen molar-refractivity contribution >= 4 is 5.91 Å². The lowest BCUT2D eigenvalue weighted by atomic mass is 10.0. The molecule has 0 spiro atoms. The second kappa shape index (κ2) is 6.05. The fourth-order valence-electron chi connectivity index (χ4n) is 2.43. The minimum atomic E-state index is -0.140. The zero-order valence-electron chi connectivity index (χ0n) is 11.0. The van der Waals surface area contributed by atoms with Crippen molar-refractivity contribution in [2.24, 2.45) is 11.7 Å². The lowest BCUT2D eigenvalue weighted by Gasteiger charge is -2.21. The molecule has 1 aromatic heterocycles. The third-order valence-electron chi connectivity index (χ3n) is 3.56. The van der Waals surface area contributed by atoms with Gasteiger partial charge in [0, 0.05) is 32.5 Å². The Hall–Kier alpha value is -1.29. The monoisotopic (exact) mass is 250 g/mol. The van der Waals surface area contributed by atoms with Crippen LogP contribution in [-0.2, 0) is 17.6 Å². The van der Waals surface area contributed by atoms with Gasteiger partial charge in [0.2, 0.25) is 5.91 Å². The molecule has 4 heteroatoms. The Kier molecular flexibility index (Phi) is 4.42. The van der Waals surface area contributed by atoms with Gasteiger partial charge in [-0.2, -0.15) is 0 Å². The van der Waals surface area contributed by atoms with E-state index in [9.17, 15) is 4.79 Å². The van der Waals surface area contributed by atoms with E-state index in [-0.39, 0.29) is 11.8 Å². The first kappa shape index (κ1) is 13.1. The fourth-order valence-corrected chi connectivity index (χ4v) is 2.43. The SMILES string of the molecule is CCc1ccc(CC(CN)C(=O)N2CCCC2)o1. The van der Waals surface area contributed by atoms with Gasteiger partial charge in [-0.3, -0.25) is 4.79 Å². The molecular weight excluding hydrogens is 228 g/mol. The molecule has 0 bridgehead atoms. The fraction of sp³-hybridized carbons (Fsp3) is 0.643. The number of likely N-dealkylation sites (tertiary alicyclic amines) is 1. The molecular formula is C14H22N2O2. The molecule has 2 heterocycles. The summed E-state index contributed by atoms with van der Waals surface area (Å²) in [5, 5.41) is 0. The number of aryl methyl sites for hydroxylation is 1. The summed E-state index contributed by atoms with van der Waals surface area (Å²) in [5.41, 5.74) is 5.74. The second-order valence-electron chi connectivity index (χ2n) is 4.89. The van der Waals surface area contributed by atoms with Crippen LogP contribution in [-0.4, -0.2) is 30.4 Å². The van der Waals surface area contributed by atoms with Crippen LogP contribution >= 0.6 is 0 Å². The number of carbonyl (C=O) groups excluding carboxylic acids is 1. The summed E-state index contributed by atoms with van der Waals surface area (Å²) >= 11 is 0. The van der Waals surface area contributed by atoms with Crippen molar-refractivity contribution in [1.29, 1.82) is 0 Å². The van der Waals surface area contributed by atoms with Gasteiger partial charge < -0.3 is 15.1 Å². The number of furan rings is 1. The van der Waals surface area contributed by atoms with E-state index in [0.717, 1.165) is 43.9 Å². The van der Waals surface area contributed by atoms with Crippen LogP contribution in [0.15, 0.2) is 16.5 Å². The molecule has 1 aromatic rings. The van der Waals surface area contributed by atoms with E-state index >= 15 is 0 Å². The summed E-state index contributed by atoms with van der Waals surface area (Å²) in [4.78, 5) is 14.2. The Labute approximate surface area is 108 Å². The van der Waals surface area contributed by atoms with Crippen LogP contribution in [0.4, 0.5) is 0 Å². The minimum Gasteiger partial charge on any atom is -0.466 e. The summed E-state index contributed by atoms with van der Waals surface area (Å²) in [6.07, 6.45) is 3.73. The zero-order chi connectivity index (χ0) is 13.0. The van der Waals surface area contributed by atoms with E-state index in [0.29, 0.717) is 13.0 Å². The standard InChI is InChI=1S/C14H22N2O2/c1-2-12-5-6-13(18-12)9-11(10-15)14(17)16-7-3-4-8-16/h5-6,11H,2-4,7-10,15H2,1H3. The van der Waals surface area contributed by atoms with Gasteiger partial charge in [0.15, 0.2) is 0 Å². The van der Waals surface area contributed by atoms with Crippen molar-refractivity contribution in [2.75, 3.05) is 19.6 Å². The lowest BCUT2D eigenvalue weighted by Crippen LogP contribution is -2.38. The predicted molar refractivity (Wildman–Crippen MR) is 70.1 cm³/mol. The number of hydrogen-bond acceptors (Lipinski definition) is 3. The van der Waals surface area contributed by atoms with Crippen LogP contribution in [0.1, 0.15) is 31.3 Å². The van der Waals surface area contributed by atoms with Crippen molar-refractivity contribution in [3.63, 3.8) is 0 Å². The zero-order valence-corrected chi connectivity index (χ0v) is 11.0. The molecule has 1 fully saturated rings. The largest absolute Gasteiger partial charge is 0.466 e. The van der Waals surface area contributed by atoms with Crippen LogP contribution < -0.4 is 5.73 Å². The number of rotatable bonds is 5. The first-order valence-electron chi connectivity index (χ1n) is 6.81. The van der Waals surface area contributed by atoms with Crippen LogP contribution in [0, 0.1) is 5.92 Å². The first-order chi connectivity index (χ1) is 8.74. The Bertz CT molecular complexity index is 394. The molecule has 4 nitrogen and oxygen atoms in total. The molecule has 2 N–H and O–H groups in total. The van der Waals surface area contributed by atoms with Gasteiger partial charge in [-0.05, 0) is 25.0 Å². The lowest BCUT2D eigenvalue weighted by molar-refractivity contribution is -0.134. The second-order valence-corrected chi connectivity index (χ2v) is 4.89. The van der Waals surface area contributed by atoms with Gasteiger partial charge in [-0.15, -0.1) is 0 Å². The van der Waals surface area contributed by atoms with Gasteiger partial charge in [0.05, 0.1) is 5.92 Å². The topological polar surface area (TPSA) is 59.5 Å². The van der Waals surface area contributed by atoms with E-state index in [2.05, 4.69) is 6.92 Å². The molecule has 18 heavy (non-hydrogen) atoms. The molecule has 0 aromatic carbocycles. The van der Waals surface area contributed by atoms with Crippen LogP contribution in [0.3, 0.4) is 0 Å². The van der Waals surface area contributed by atoms with Gasteiger partial charge >= 0.3 is 0 Å². The Morgan fingerprint density at radius 2 is 2.06 bits per heavy atom. The number of carbonyl (C=O) groups is 1. The van der Waals surface area contributed by atoms with Crippen molar-refractivity contribution in [3.05, 3.63) is 23.7 Å². The summed E-state index contributed by atoms with van der Waals surface area (Å²) < 4.78 is 5.65. The Balaban J connectivity index is 1.97. The molecule has 100 valence electrons. The molecule has 1 aliphatic rings. The summed E-state index contributed by atoms with van der Waals surface area (Å²) in [5.74, 6) is 1.88. The van der Waals surface area contributed by atoms with E-state index in [4.69, 9.17) is 10.2 Å². The number of amides is 1. The average molecular weight is 250 g/mol. The van der Waals surface area contributed by atoms with Crippen molar-refractivity contribution < 1.29 is 9.21 Å². The molecule has 1 saturated heterocycles. The van der Waals surface area contributed by atoms with E-state index < -0.39 is 0 Å². The molecule has 0 aliphatic carbocycles. The third kappa shape index (κ3) is 2.93. The number of nitrogens with two attached hydrogens (primary N) is 1. The maximum atomic E-state index is 12.3. The maximum absolute atomic E-state index is 12.3. The van der Waals surface area contributed by atoms with Crippen molar-refractivity contribution in [3.8, 4) is 0 Å². The van der Waals surface area contributed by atoms with Crippen molar-refractivity contribution in [2.45, 2.75) is 32.6 Å². The highest BCUT2D eigenvalue weighted by Gasteiger charge is 2.26. The van der Waals surface area contributed by atoms with Crippen LogP contribution in [0.2, 0.25) is 0 Å². The molecule has 1 amide bonds. The Morgan fingerprint density at radius 3 is 2.61 bits per heavy atom. The Morgan fingerprint density at radius 1 is 1.39 bits per heavy atom. The summed E-state index contributed by atoms with van der Waals surface area (Å²) in [6, 6.07) is 3.93. The normalized spacial score (nSPS) is 17.1. The minimum absolute atomic E-state index is 0.140. The quantitative estimate of drug-likeness (QED) is 0.863. The highest BCUT2D eigenvalue weighted by atomic mass is 16.3. The van der Waals surface area contributed by atoms with Crippen LogP contribution in [0.5, 0.6) is 0 Å². The average Bonchev–Trinajstić information content (AvgIpc) is 3.06. The number of nitrogens with zero attached hydrogens (tertiary/aromatic N) is 1. The van der Waals surface area contributed by atoms with Gasteiger partial charge in [-0.1, -0.05) is 6.92 Å². The summed E-state index contributed by atoms with van der Waals surface area (Å²) in [6.45, 7) is 4.21. The molecule has 1 aliphatic heterocycles.